The molecule has 0 saturated carbocycles. The summed E-state index contributed by atoms with van der Waals surface area (Å²) in [4.78, 5) is 0. The molecule has 0 unspecified atom stereocenters. The SMILES string of the molecule is CCCC[N+](CCCC)(CCCC(c1ccc(F)cc1)(c1ccc(F)cc1)c1ccc(F)cc1)c1ccc(F)cc1.CCCC[N+](CCCC)(CCCC(c1ccc(F)cc1)(c1ccc(F)cc1)c1ccc(F)cc1)c1ccc(F)cc1.CCCC[N+](CCCC)(CCCC(c1ccc(F)cc1)(c1ccc(F)cc1)c1ccc(F)cc1)c1ccc(F)cc1.[O-]B([O-])[O-]. The van der Waals surface area contributed by atoms with Crippen molar-refractivity contribution in [2.45, 2.75) is 173 Å². The van der Waals surface area contributed by atoms with Gasteiger partial charge >= 0.3 is 0 Å². The first-order chi connectivity index (χ1) is 61.2. The molecular weight excluding hydrogens is 1630 g/mol. The Labute approximate surface area is 744 Å². The monoisotopic (exact) mass is 1750 g/mol. The number of benzene rings is 12. The molecule has 0 heterocycles. The molecule has 0 radical (unpaired) electrons. The largest absolute Gasteiger partial charge is 0.907 e. The Bertz CT molecular complexity index is 4280. The van der Waals surface area contributed by atoms with E-state index in [1.807, 2.05) is 36.4 Å². The summed E-state index contributed by atoms with van der Waals surface area (Å²) in [6, 6.07) is 78.7. The van der Waals surface area contributed by atoms with Gasteiger partial charge in [0.15, 0.2) is 0 Å². The smallest absolute Gasteiger partial charge is 0.133 e. The minimum atomic E-state index is -2.92. The van der Waals surface area contributed by atoms with E-state index in [1.54, 1.807) is 146 Å². The third-order valence-corrected chi connectivity index (χ3v) is 25.2. The van der Waals surface area contributed by atoms with E-state index in [9.17, 15) is 52.7 Å². The van der Waals surface area contributed by atoms with Gasteiger partial charge in [-0.25, -0.2) is 52.7 Å². The van der Waals surface area contributed by atoms with E-state index in [4.69, 9.17) is 15.1 Å². The van der Waals surface area contributed by atoms with Crippen LogP contribution in [0, 0.1) is 69.8 Å². The third-order valence-electron chi connectivity index (χ3n) is 25.2. The molecule has 0 aliphatic rings. The van der Waals surface area contributed by atoms with E-state index in [1.165, 1.54) is 109 Å². The first-order valence-electron chi connectivity index (χ1n) is 44.9. The molecule has 0 saturated heterocycles. The van der Waals surface area contributed by atoms with Crippen molar-refractivity contribution in [1.82, 2.24) is 13.4 Å². The Morgan fingerprint density at radius 2 is 0.283 bits per heavy atom. The van der Waals surface area contributed by atoms with Gasteiger partial charge in [0, 0.05) is 52.6 Å². The fourth-order valence-electron chi connectivity index (χ4n) is 18.6. The molecule has 0 N–H and O–H groups in total. The van der Waals surface area contributed by atoms with E-state index in [2.05, 4.69) is 41.5 Å². The second kappa shape index (κ2) is 49.3. The average Bonchev–Trinajstić information content (AvgIpc) is 0.758. The Kier molecular flexibility index (Phi) is 38.9. The van der Waals surface area contributed by atoms with Gasteiger partial charge in [0.25, 0.3) is 0 Å². The number of hydrogen-bond acceptors (Lipinski definition) is 3. The summed E-state index contributed by atoms with van der Waals surface area (Å²) in [6.07, 6.45) is 16.8. The highest BCUT2D eigenvalue weighted by Crippen LogP contribution is 2.48. The van der Waals surface area contributed by atoms with Gasteiger partial charge in [-0.1, -0.05) is 189 Å². The van der Waals surface area contributed by atoms with Crippen LogP contribution < -0.4 is 28.5 Å². The molecule has 12 aromatic rings. The van der Waals surface area contributed by atoms with Gasteiger partial charge in [-0.2, -0.15) is 0 Å². The second-order valence-electron chi connectivity index (χ2n) is 33.4. The lowest BCUT2D eigenvalue weighted by Crippen LogP contribution is -2.56. The van der Waals surface area contributed by atoms with Crippen LogP contribution in [-0.2, 0) is 16.2 Å². The summed E-state index contributed by atoms with van der Waals surface area (Å²) in [5, 5.41) is 25.2. The van der Waals surface area contributed by atoms with Crippen LogP contribution in [-0.4, -0.2) is 66.2 Å². The predicted molar refractivity (Wildman–Crippen MR) is 489 cm³/mol. The standard InChI is InChI=1S/3C36H40F4N.BO3/c3*1-3-5-25-41(26-6-4-2,35-22-20-34(40)21-23-35)27-7-24-36(28-8-14-31(37)15-9-28,29-10-16-32(38)17-11-29)30-12-18-33(39)19-13-30;2-1(3)4/h3*8-23H,3-7,24-27H2,1-2H3;/q3*+1;-3. The van der Waals surface area contributed by atoms with Crippen LogP contribution in [0.3, 0.4) is 0 Å². The lowest BCUT2D eigenvalue weighted by Gasteiger charge is -2.41. The van der Waals surface area contributed by atoms with Crippen molar-refractivity contribution in [3.8, 4) is 0 Å². The lowest BCUT2D eigenvalue weighted by atomic mass is 9.66. The highest BCUT2D eigenvalue weighted by Gasteiger charge is 2.43. The van der Waals surface area contributed by atoms with Gasteiger partial charge in [0.2, 0.25) is 0 Å². The first-order valence-corrected chi connectivity index (χ1v) is 44.9. The maximum atomic E-state index is 14.1. The molecule has 0 aliphatic heterocycles. The zero-order chi connectivity index (χ0) is 91.5. The van der Waals surface area contributed by atoms with Crippen LogP contribution in [0.15, 0.2) is 291 Å². The molecule has 0 aromatic heterocycles. The van der Waals surface area contributed by atoms with Gasteiger partial charge in [0.1, 0.15) is 86.9 Å². The molecule has 0 amide bonds. The summed E-state index contributed by atoms with van der Waals surface area (Å²) < 4.78 is 171. The molecular formula is C108H120BF12N3O3. The molecule has 0 bridgehead atoms. The highest BCUT2D eigenvalue weighted by molar-refractivity contribution is 6.24. The summed E-state index contributed by atoms with van der Waals surface area (Å²) in [7, 11) is -2.92. The topological polar surface area (TPSA) is 69.2 Å². The van der Waals surface area contributed by atoms with E-state index in [-0.39, 0.29) is 69.8 Å². The first kappa shape index (κ1) is 100. The van der Waals surface area contributed by atoms with Crippen LogP contribution in [0.1, 0.15) is 207 Å². The zero-order valence-electron chi connectivity index (χ0n) is 74.0. The van der Waals surface area contributed by atoms with Gasteiger partial charge < -0.3 is 15.1 Å². The summed E-state index contributed by atoms with van der Waals surface area (Å²) in [5.74, 6) is -3.81. The molecule has 0 aliphatic carbocycles. The molecule has 0 fully saturated rings. The normalized spacial score (nSPS) is 11.9. The zero-order valence-corrected chi connectivity index (χ0v) is 74.0. The van der Waals surface area contributed by atoms with Crippen LogP contribution in [0.25, 0.3) is 0 Å². The summed E-state index contributed by atoms with van der Waals surface area (Å²) in [6.45, 7) is 21.2. The maximum Gasteiger partial charge on any atom is 0.133 e. The molecule has 12 rings (SSSR count). The van der Waals surface area contributed by atoms with Crippen molar-refractivity contribution in [3.05, 3.63) is 411 Å². The Morgan fingerprint density at radius 1 is 0.181 bits per heavy atom. The number of quaternary nitrogens is 3. The third kappa shape index (κ3) is 26.9. The number of halogens is 12. The molecule has 0 atom stereocenters. The van der Waals surface area contributed by atoms with E-state index in [0.717, 1.165) is 236 Å². The van der Waals surface area contributed by atoms with Crippen LogP contribution in [0.4, 0.5) is 69.7 Å². The number of nitrogens with zero attached hydrogens (tertiary/aromatic N) is 3. The molecule has 19 heteroatoms. The van der Waals surface area contributed by atoms with Crippen molar-refractivity contribution in [3.63, 3.8) is 0 Å². The quantitative estimate of drug-likeness (QED) is 0.0166. The maximum absolute atomic E-state index is 14.1. The summed E-state index contributed by atoms with van der Waals surface area (Å²) >= 11 is 0. The van der Waals surface area contributed by atoms with Crippen molar-refractivity contribution in [2.75, 3.05) is 58.9 Å². The molecule has 12 aromatic carbocycles. The second-order valence-corrected chi connectivity index (χ2v) is 33.4. The van der Waals surface area contributed by atoms with Crippen LogP contribution in [0.5, 0.6) is 0 Å². The van der Waals surface area contributed by atoms with Crippen molar-refractivity contribution in [1.29, 1.82) is 0 Å². The van der Waals surface area contributed by atoms with Crippen molar-refractivity contribution >= 4 is 24.4 Å². The van der Waals surface area contributed by atoms with Crippen LogP contribution >= 0.6 is 0 Å². The fourth-order valence-corrected chi connectivity index (χ4v) is 18.6. The predicted octanol–water partition coefficient (Wildman–Crippen LogP) is 25.9. The fraction of sp³-hybridized carbons (Fsp3) is 0.333. The van der Waals surface area contributed by atoms with Gasteiger partial charge in [-0.3, -0.25) is 20.8 Å². The van der Waals surface area contributed by atoms with Gasteiger partial charge in [-0.15, -0.1) is 0 Å². The Morgan fingerprint density at radius 3 is 0.394 bits per heavy atom. The minimum absolute atomic E-state index is 0.249. The minimum Gasteiger partial charge on any atom is -0.907 e. The molecule has 672 valence electrons. The summed E-state index contributed by atoms with van der Waals surface area (Å²) in [5.41, 5.74) is 8.76. The molecule has 127 heavy (non-hydrogen) atoms. The average molecular weight is 1750 g/mol. The van der Waals surface area contributed by atoms with Crippen molar-refractivity contribution in [2.24, 2.45) is 0 Å². The lowest BCUT2D eigenvalue weighted by molar-refractivity contribution is -0.479. The van der Waals surface area contributed by atoms with E-state index >= 15 is 0 Å². The Hall–Kier alpha value is -10.4. The van der Waals surface area contributed by atoms with E-state index < -0.39 is 23.6 Å². The highest BCUT2D eigenvalue weighted by atomic mass is 19.2. The number of hydrogen-bond donors (Lipinski definition) is 0. The van der Waals surface area contributed by atoms with Gasteiger partial charge in [0.05, 0.1) is 58.9 Å². The number of rotatable bonds is 42. The molecule has 6 nitrogen and oxygen atoms in total. The van der Waals surface area contributed by atoms with Crippen LogP contribution in [0.2, 0.25) is 0 Å². The van der Waals surface area contributed by atoms with E-state index in [0.29, 0.717) is 19.3 Å². The van der Waals surface area contributed by atoms with Gasteiger partial charge in [-0.05, 0) is 273 Å². The Balaban J connectivity index is 0.000000211. The number of unbranched alkanes of at least 4 members (excludes halogenated alkanes) is 6. The van der Waals surface area contributed by atoms with Crippen molar-refractivity contribution < 1.29 is 67.8 Å². The molecule has 0 spiro atoms.